The average molecular weight is 523 g/mol. The monoisotopic (exact) mass is 522 g/mol. The molecule has 1 aliphatic heterocycles. The van der Waals surface area contributed by atoms with Gasteiger partial charge in [0, 0.05) is 21.8 Å². The largest absolute Gasteiger partial charge is 0.507 e. The van der Waals surface area contributed by atoms with Gasteiger partial charge in [0.25, 0.3) is 17.4 Å². The summed E-state index contributed by atoms with van der Waals surface area (Å²) in [6, 6.07) is 17.7. The Labute approximate surface area is 203 Å². The van der Waals surface area contributed by atoms with E-state index in [1.807, 2.05) is 6.92 Å². The molecule has 1 unspecified atom stereocenters. The summed E-state index contributed by atoms with van der Waals surface area (Å²) in [7, 11) is 0. The number of ether oxygens (including phenoxy) is 1. The van der Waals surface area contributed by atoms with Crippen LogP contribution in [0.3, 0.4) is 0 Å². The SMILES string of the molecule is CCOc1ccc(/C(O)=C2\C(=O)C(=O)N(c3ccc(Br)cc3)C2c2ccccc2[N+](=O)[O-])cc1. The fourth-order valence-electron chi connectivity index (χ4n) is 3.91. The van der Waals surface area contributed by atoms with Crippen molar-refractivity contribution in [1.82, 2.24) is 0 Å². The molecule has 0 radical (unpaired) electrons. The molecular weight excluding hydrogens is 504 g/mol. The maximum absolute atomic E-state index is 13.2. The first-order valence-corrected chi connectivity index (χ1v) is 11.2. The van der Waals surface area contributed by atoms with Gasteiger partial charge in [-0.3, -0.25) is 24.6 Å². The predicted octanol–water partition coefficient (Wildman–Crippen LogP) is 5.38. The summed E-state index contributed by atoms with van der Waals surface area (Å²) in [6.07, 6.45) is 0. The third kappa shape index (κ3) is 4.17. The molecule has 0 bridgehead atoms. The molecule has 0 aliphatic carbocycles. The van der Waals surface area contributed by atoms with Crippen LogP contribution >= 0.6 is 15.9 Å². The standard InChI is InChI=1S/C25H19BrN2O6/c1-2-34-18-13-7-15(8-14-18)23(29)21-22(19-5-3-4-6-20(19)28(32)33)27(25(31)24(21)30)17-11-9-16(26)10-12-17/h3-14,22,29H,2H2,1H3/b23-21+. The van der Waals surface area contributed by atoms with Gasteiger partial charge >= 0.3 is 0 Å². The summed E-state index contributed by atoms with van der Waals surface area (Å²) in [4.78, 5) is 38.8. The third-order valence-electron chi connectivity index (χ3n) is 5.42. The van der Waals surface area contributed by atoms with Gasteiger partial charge < -0.3 is 9.84 Å². The van der Waals surface area contributed by atoms with Crippen molar-refractivity contribution in [1.29, 1.82) is 0 Å². The van der Waals surface area contributed by atoms with Gasteiger partial charge in [-0.15, -0.1) is 0 Å². The Bertz CT molecular complexity index is 1300. The molecule has 9 heteroatoms. The number of hydrogen-bond donors (Lipinski definition) is 1. The highest BCUT2D eigenvalue weighted by Crippen LogP contribution is 2.44. The maximum Gasteiger partial charge on any atom is 0.300 e. The molecule has 1 saturated heterocycles. The number of rotatable bonds is 6. The van der Waals surface area contributed by atoms with Gasteiger partial charge in [-0.1, -0.05) is 28.1 Å². The second kappa shape index (κ2) is 9.48. The summed E-state index contributed by atoms with van der Waals surface area (Å²) in [5.74, 6) is -1.68. The van der Waals surface area contributed by atoms with Crippen molar-refractivity contribution in [3.8, 4) is 5.75 Å². The molecule has 3 aromatic rings. The number of benzene rings is 3. The van der Waals surface area contributed by atoms with E-state index in [1.54, 1.807) is 54.6 Å². The fourth-order valence-corrected chi connectivity index (χ4v) is 4.18. The van der Waals surface area contributed by atoms with Crippen molar-refractivity contribution in [3.63, 3.8) is 0 Å². The zero-order valence-corrected chi connectivity index (χ0v) is 19.6. The normalized spacial score (nSPS) is 17.1. The van der Waals surface area contributed by atoms with Crippen LogP contribution in [0.15, 0.2) is 82.8 Å². The lowest BCUT2D eigenvalue weighted by atomic mass is 9.94. The summed E-state index contributed by atoms with van der Waals surface area (Å²) in [5, 5.41) is 23.0. The van der Waals surface area contributed by atoms with Crippen LogP contribution in [-0.4, -0.2) is 28.3 Å². The molecule has 1 aliphatic rings. The van der Waals surface area contributed by atoms with E-state index >= 15 is 0 Å². The van der Waals surface area contributed by atoms with Crippen molar-refractivity contribution in [2.75, 3.05) is 11.5 Å². The number of nitro groups is 1. The molecule has 1 heterocycles. The van der Waals surface area contributed by atoms with Gasteiger partial charge in [-0.25, -0.2) is 0 Å². The van der Waals surface area contributed by atoms with Crippen LogP contribution in [-0.2, 0) is 9.59 Å². The van der Waals surface area contributed by atoms with E-state index in [4.69, 9.17) is 4.74 Å². The number of halogens is 1. The van der Waals surface area contributed by atoms with E-state index in [2.05, 4.69) is 15.9 Å². The topological polar surface area (TPSA) is 110 Å². The Morgan fingerprint density at radius 2 is 1.71 bits per heavy atom. The number of nitrogens with zero attached hydrogens (tertiary/aromatic N) is 2. The van der Waals surface area contributed by atoms with E-state index < -0.39 is 28.4 Å². The average Bonchev–Trinajstić information content (AvgIpc) is 3.10. The minimum Gasteiger partial charge on any atom is -0.507 e. The predicted molar refractivity (Wildman–Crippen MR) is 130 cm³/mol. The van der Waals surface area contributed by atoms with Gasteiger partial charge in [0.15, 0.2) is 0 Å². The minimum absolute atomic E-state index is 0.113. The first kappa shape index (κ1) is 23.2. The summed E-state index contributed by atoms with van der Waals surface area (Å²) in [5.41, 5.74) is 0.252. The lowest BCUT2D eigenvalue weighted by molar-refractivity contribution is -0.385. The van der Waals surface area contributed by atoms with Crippen LogP contribution < -0.4 is 9.64 Å². The molecule has 34 heavy (non-hydrogen) atoms. The second-order valence-corrected chi connectivity index (χ2v) is 8.33. The summed E-state index contributed by atoms with van der Waals surface area (Å²) in [6.45, 7) is 2.30. The molecule has 3 aromatic carbocycles. The number of carbonyl (C=O) groups is 2. The number of ketones is 1. The number of nitro benzene ring substituents is 1. The fraction of sp³-hybridized carbons (Fsp3) is 0.120. The van der Waals surface area contributed by atoms with E-state index in [-0.39, 0.29) is 22.4 Å². The van der Waals surface area contributed by atoms with Crippen LogP contribution in [0.4, 0.5) is 11.4 Å². The summed E-state index contributed by atoms with van der Waals surface area (Å²) >= 11 is 3.34. The number of hydrogen-bond acceptors (Lipinski definition) is 6. The lowest BCUT2D eigenvalue weighted by Gasteiger charge is -2.25. The molecular formula is C25H19BrN2O6. The van der Waals surface area contributed by atoms with Crippen molar-refractivity contribution in [3.05, 3.63) is 104 Å². The lowest BCUT2D eigenvalue weighted by Crippen LogP contribution is -2.29. The van der Waals surface area contributed by atoms with Gasteiger partial charge in [0.05, 0.1) is 22.7 Å². The third-order valence-corrected chi connectivity index (χ3v) is 5.94. The zero-order chi connectivity index (χ0) is 24.4. The molecule has 1 amide bonds. The Balaban J connectivity index is 1.95. The van der Waals surface area contributed by atoms with Gasteiger partial charge in [0.1, 0.15) is 17.6 Å². The van der Waals surface area contributed by atoms with Crippen LogP contribution in [0.25, 0.3) is 5.76 Å². The molecule has 0 spiro atoms. The minimum atomic E-state index is -1.20. The van der Waals surface area contributed by atoms with E-state index in [1.165, 1.54) is 23.1 Å². The number of Topliss-reactive ketones (excluding diaryl/α,β-unsaturated/α-hetero) is 1. The number of aliphatic hydroxyl groups excluding tert-OH is 1. The number of carbonyl (C=O) groups excluding carboxylic acids is 2. The van der Waals surface area contributed by atoms with E-state index in [9.17, 15) is 24.8 Å². The molecule has 1 fully saturated rings. The molecule has 1 N–H and O–H groups in total. The smallest absolute Gasteiger partial charge is 0.300 e. The number of anilines is 1. The van der Waals surface area contributed by atoms with Crippen LogP contribution in [0, 0.1) is 10.1 Å². The first-order valence-electron chi connectivity index (χ1n) is 10.4. The molecule has 0 aromatic heterocycles. The highest BCUT2D eigenvalue weighted by molar-refractivity contribution is 9.10. The highest BCUT2D eigenvalue weighted by atomic mass is 79.9. The Kier molecular flexibility index (Phi) is 6.47. The maximum atomic E-state index is 13.2. The first-order chi connectivity index (χ1) is 16.3. The highest BCUT2D eigenvalue weighted by Gasteiger charge is 2.48. The quantitative estimate of drug-likeness (QED) is 0.153. The van der Waals surface area contributed by atoms with E-state index in [0.717, 1.165) is 4.47 Å². The number of para-hydroxylation sites is 1. The summed E-state index contributed by atoms with van der Waals surface area (Å²) < 4.78 is 6.17. The van der Waals surface area contributed by atoms with Crippen LogP contribution in [0.2, 0.25) is 0 Å². The van der Waals surface area contributed by atoms with Crippen molar-refractivity contribution in [2.45, 2.75) is 13.0 Å². The Morgan fingerprint density at radius 1 is 1.06 bits per heavy atom. The van der Waals surface area contributed by atoms with Crippen LogP contribution in [0.5, 0.6) is 5.75 Å². The van der Waals surface area contributed by atoms with Gasteiger partial charge in [0.2, 0.25) is 0 Å². The van der Waals surface area contributed by atoms with Crippen molar-refractivity contribution < 1.29 is 24.4 Å². The number of amides is 1. The molecule has 1 atom stereocenters. The van der Waals surface area contributed by atoms with Gasteiger partial charge in [-0.2, -0.15) is 0 Å². The molecule has 172 valence electrons. The van der Waals surface area contributed by atoms with Crippen LogP contribution in [0.1, 0.15) is 24.1 Å². The van der Waals surface area contributed by atoms with E-state index in [0.29, 0.717) is 18.0 Å². The Hall–Kier alpha value is -3.98. The van der Waals surface area contributed by atoms with Crippen molar-refractivity contribution >= 4 is 44.8 Å². The number of aliphatic hydroxyl groups is 1. The Morgan fingerprint density at radius 3 is 2.32 bits per heavy atom. The molecule has 0 saturated carbocycles. The van der Waals surface area contributed by atoms with Gasteiger partial charge in [-0.05, 0) is 61.5 Å². The second-order valence-electron chi connectivity index (χ2n) is 7.42. The molecule has 4 rings (SSSR count). The molecule has 8 nitrogen and oxygen atoms in total. The zero-order valence-electron chi connectivity index (χ0n) is 18.0. The van der Waals surface area contributed by atoms with Crippen molar-refractivity contribution in [2.24, 2.45) is 0 Å².